The predicted molar refractivity (Wildman–Crippen MR) is 117 cm³/mol. The number of ketones is 1. The molecule has 0 unspecified atom stereocenters. The molecule has 0 saturated carbocycles. The van der Waals surface area contributed by atoms with Crippen molar-refractivity contribution in [3.05, 3.63) is 95.3 Å². The van der Waals surface area contributed by atoms with E-state index in [9.17, 15) is 13.2 Å². The summed E-state index contributed by atoms with van der Waals surface area (Å²) >= 11 is 0. The second kappa shape index (κ2) is 8.62. The number of sulfone groups is 1. The molecule has 0 atom stereocenters. The molecule has 29 heavy (non-hydrogen) atoms. The van der Waals surface area contributed by atoms with Crippen LogP contribution >= 0.6 is 0 Å². The van der Waals surface area contributed by atoms with Gasteiger partial charge >= 0.3 is 0 Å². The zero-order valence-electron chi connectivity index (χ0n) is 16.9. The number of hydrogen-bond acceptors (Lipinski definition) is 3. The van der Waals surface area contributed by atoms with Gasteiger partial charge < -0.3 is 4.57 Å². The minimum atomic E-state index is -3.30. The SMILES string of the molecule is Cc1ccc(C(=O)c2cccn2C/C=C/c2cccc(S(=O)(=O)C(C)C)c2)cc1. The standard InChI is InChI=1S/C24H25NO3S/c1-18(2)29(27,28)22-9-4-7-20(17-22)8-5-15-25-16-6-10-23(25)24(26)21-13-11-19(3)12-14-21/h4-14,16-18H,15H2,1-3H3/b8-5+. The molecule has 3 aromatic rings. The van der Waals surface area contributed by atoms with Crippen LogP contribution in [-0.2, 0) is 16.4 Å². The van der Waals surface area contributed by atoms with Crippen LogP contribution in [0.5, 0.6) is 0 Å². The molecule has 1 heterocycles. The molecule has 4 nitrogen and oxygen atoms in total. The van der Waals surface area contributed by atoms with Gasteiger partial charge in [-0.3, -0.25) is 4.79 Å². The Balaban J connectivity index is 1.77. The highest BCUT2D eigenvalue weighted by Gasteiger charge is 2.18. The minimum Gasteiger partial charge on any atom is -0.341 e. The summed E-state index contributed by atoms with van der Waals surface area (Å²) in [5, 5.41) is -0.461. The Hall–Kier alpha value is -2.92. The summed E-state index contributed by atoms with van der Waals surface area (Å²) in [4.78, 5) is 13.1. The monoisotopic (exact) mass is 407 g/mol. The molecule has 0 spiro atoms. The van der Waals surface area contributed by atoms with E-state index in [1.165, 1.54) is 0 Å². The van der Waals surface area contributed by atoms with Gasteiger partial charge in [0.1, 0.15) is 0 Å². The van der Waals surface area contributed by atoms with Crippen LogP contribution in [-0.4, -0.2) is 24.0 Å². The van der Waals surface area contributed by atoms with Gasteiger partial charge in [0, 0.05) is 18.3 Å². The van der Waals surface area contributed by atoms with E-state index in [4.69, 9.17) is 0 Å². The lowest BCUT2D eigenvalue weighted by Gasteiger charge is -2.08. The summed E-state index contributed by atoms with van der Waals surface area (Å²) in [5.74, 6) is -0.0200. The van der Waals surface area contributed by atoms with Gasteiger partial charge in [-0.15, -0.1) is 0 Å². The van der Waals surface area contributed by atoms with E-state index in [2.05, 4.69) is 0 Å². The fourth-order valence-corrected chi connectivity index (χ4v) is 4.11. The van der Waals surface area contributed by atoms with E-state index in [0.29, 0.717) is 22.7 Å². The smallest absolute Gasteiger partial charge is 0.209 e. The Morgan fingerprint density at radius 3 is 2.45 bits per heavy atom. The largest absolute Gasteiger partial charge is 0.341 e. The summed E-state index contributed by atoms with van der Waals surface area (Å²) in [6.07, 6.45) is 5.66. The van der Waals surface area contributed by atoms with E-state index < -0.39 is 15.1 Å². The third kappa shape index (κ3) is 4.74. The summed E-state index contributed by atoms with van der Waals surface area (Å²) in [5.41, 5.74) is 3.20. The highest BCUT2D eigenvalue weighted by atomic mass is 32.2. The summed E-state index contributed by atoms with van der Waals surface area (Å²) < 4.78 is 26.6. The van der Waals surface area contributed by atoms with Crippen molar-refractivity contribution < 1.29 is 13.2 Å². The number of benzene rings is 2. The minimum absolute atomic E-state index is 0.0200. The van der Waals surface area contributed by atoms with E-state index in [0.717, 1.165) is 11.1 Å². The molecule has 0 fully saturated rings. The van der Waals surface area contributed by atoms with Crippen LogP contribution in [0.3, 0.4) is 0 Å². The number of hydrogen-bond donors (Lipinski definition) is 0. The van der Waals surface area contributed by atoms with Gasteiger partial charge in [-0.2, -0.15) is 0 Å². The number of rotatable bonds is 7. The maximum atomic E-state index is 12.8. The van der Waals surface area contributed by atoms with Crippen molar-refractivity contribution in [2.45, 2.75) is 37.5 Å². The lowest BCUT2D eigenvalue weighted by atomic mass is 10.1. The highest BCUT2D eigenvalue weighted by molar-refractivity contribution is 7.92. The molecule has 0 bridgehead atoms. The molecule has 2 aromatic carbocycles. The summed E-state index contributed by atoms with van der Waals surface area (Å²) in [7, 11) is -3.30. The van der Waals surface area contributed by atoms with Crippen molar-refractivity contribution in [2.24, 2.45) is 0 Å². The Morgan fingerprint density at radius 1 is 1.03 bits per heavy atom. The first kappa shape index (κ1) is 20.8. The van der Waals surface area contributed by atoms with E-state index in [1.54, 1.807) is 32.0 Å². The molecule has 0 N–H and O–H groups in total. The van der Waals surface area contributed by atoms with Crippen molar-refractivity contribution in [1.29, 1.82) is 0 Å². The number of aryl methyl sites for hydroxylation is 1. The molecule has 150 valence electrons. The number of aromatic nitrogens is 1. The normalized spacial score (nSPS) is 12.0. The Kier molecular flexibility index (Phi) is 6.18. The average Bonchev–Trinajstić information content (AvgIpc) is 3.16. The van der Waals surface area contributed by atoms with Gasteiger partial charge in [0.2, 0.25) is 5.78 Å². The lowest BCUT2D eigenvalue weighted by Crippen LogP contribution is -2.13. The first-order valence-electron chi connectivity index (χ1n) is 9.56. The quantitative estimate of drug-likeness (QED) is 0.522. The maximum absolute atomic E-state index is 12.8. The maximum Gasteiger partial charge on any atom is 0.209 e. The molecule has 1 aromatic heterocycles. The van der Waals surface area contributed by atoms with Crippen molar-refractivity contribution in [3.63, 3.8) is 0 Å². The molecule has 3 rings (SSSR count). The van der Waals surface area contributed by atoms with Gasteiger partial charge in [-0.1, -0.05) is 54.1 Å². The third-order valence-corrected chi connectivity index (χ3v) is 6.95. The molecule has 0 aliphatic carbocycles. The number of allylic oxidation sites excluding steroid dienone is 1. The highest BCUT2D eigenvalue weighted by Crippen LogP contribution is 2.18. The molecule has 5 heteroatoms. The van der Waals surface area contributed by atoms with Crippen molar-refractivity contribution in [2.75, 3.05) is 0 Å². The first-order valence-corrected chi connectivity index (χ1v) is 11.1. The fraction of sp³-hybridized carbons (Fsp3) is 0.208. The fourth-order valence-electron chi connectivity index (χ4n) is 3.00. The van der Waals surface area contributed by atoms with Gasteiger partial charge in [0.25, 0.3) is 0 Å². The van der Waals surface area contributed by atoms with Crippen LogP contribution in [0.1, 0.15) is 41.0 Å². The Morgan fingerprint density at radius 2 is 1.76 bits per heavy atom. The van der Waals surface area contributed by atoms with Crippen LogP contribution in [0.4, 0.5) is 0 Å². The average molecular weight is 408 g/mol. The van der Waals surface area contributed by atoms with Crippen LogP contribution in [0.2, 0.25) is 0 Å². The number of carbonyl (C=O) groups excluding carboxylic acids is 1. The summed E-state index contributed by atoms with van der Waals surface area (Å²) in [6, 6.07) is 18.1. The van der Waals surface area contributed by atoms with E-state index in [1.807, 2.05) is 72.3 Å². The molecule has 0 aliphatic rings. The predicted octanol–water partition coefficient (Wildman–Crippen LogP) is 4.92. The third-order valence-electron chi connectivity index (χ3n) is 4.80. The second-order valence-corrected chi connectivity index (χ2v) is 9.81. The van der Waals surface area contributed by atoms with E-state index in [-0.39, 0.29) is 5.78 Å². The van der Waals surface area contributed by atoms with Crippen molar-refractivity contribution >= 4 is 21.7 Å². The van der Waals surface area contributed by atoms with Gasteiger partial charge in [0.15, 0.2) is 9.84 Å². The van der Waals surface area contributed by atoms with Crippen molar-refractivity contribution in [3.8, 4) is 0 Å². The van der Waals surface area contributed by atoms with Crippen LogP contribution < -0.4 is 0 Å². The number of nitrogens with zero attached hydrogens (tertiary/aromatic N) is 1. The lowest BCUT2D eigenvalue weighted by molar-refractivity contribution is 0.103. The molecular weight excluding hydrogens is 382 g/mol. The molecule has 0 aliphatic heterocycles. The second-order valence-electron chi connectivity index (χ2n) is 7.31. The zero-order valence-corrected chi connectivity index (χ0v) is 17.7. The van der Waals surface area contributed by atoms with Gasteiger partial charge in [-0.05, 0) is 50.6 Å². The molecule has 0 saturated heterocycles. The van der Waals surface area contributed by atoms with Crippen LogP contribution in [0.25, 0.3) is 6.08 Å². The first-order chi connectivity index (χ1) is 13.8. The van der Waals surface area contributed by atoms with Crippen molar-refractivity contribution in [1.82, 2.24) is 4.57 Å². The van der Waals surface area contributed by atoms with Gasteiger partial charge in [0.05, 0.1) is 15.8 Å². The summed E-state index contributed by atoms with van der Waals surface area (Å²) in [6.45, 7) is 5.86. The Bertz CT molecular complexity index is 1140. The Labute approximate surface area is 172 Å². The van der Waals surface area contributed by atoms with Gasteiger partial charge in [-0.25, -0.2) is 8.42 Å². The van der Waals surface area contributed by atoms with Crippen LogP contribution in [0, 0.1) is 6.92 Å². The topological polar surface area (TPSA) is 56.1 Å². The molecule has 0 radical (unpaired) electrons. The van der Waals surface area contributed by atoms with Crippen LogP contribution in [0.15, 0.2) is 77.8 Å². The number of carbonyl (C=O) groups is 1. The molecule has 0 amide bonds. The molecular formula is C24H25NO3S. The van der Waals surface area contributed by atoms with E-state index >= 15 is 0 Å². The zero-order chi connectivity index (χ0) is 21.0.